The van der Waals surface area contributed by atoms with Crippen molar-refractivity contribution < 1.29 is 24.5 Å². The second-order valence-corrected chi connectivity index (χ2v) is 11.0. The molecule has 9 nitrogen and oxygen atoms in total. The average molecular weight is 622 g/mol. The van der Waals surface area contributed by atoms with Crippen LogP contribution in [0.3, 0.4) is 0 Å². The van der Waals surface area contributed by atoms with E-state index in [1.165, 1.54) is 12.1 Å². The predicted octanol–water partition coefficient (Wildman–Crippen LogP) is 6.61. The van der Waals surface area contributed by atoms with Gasteiger partial charge in [-0.15, -0.1) is 0 Å². The number of aromatic nitrogens is 1. The van der Waals surface area contributed by atoms with E-state index >= 15 is 0 Å². The zero-order valence-corrected chi connectivity index (χ0v) is 25.4. The van der Waals surface area contributed by atoms with Gasteiger partial charge in [-0.05, 0) is 54.8 Å². The minimum atomic E-state index is -0.750. The molecular formula is C34H40ClN3O6. The Labute approximate surface area is 262 Å². The Bertz CT molecular complexity index is 1550. The van der Waals surface area contributed by atoms with Crippen molar-refractivity contribution >= 4 is 28.6 Å². The van der Waals surface area contributed by atoms with E-state index in [0.717, 1.165) is 57.1 Å². The van der Waals surface area contributed by atoms with Crippen molar-refractivity contribution in [1.82, 2.24) is 15.6 Å². The van der Waals surface area contributed by atoms with Crippen molar-refractivity contribution in [2.45, 2.75) is 57.6 Å². The van der Waals surface area contributed by atoms with Gasteiger partial charge in [0, 0.05) is 24.5 Å². The van der Waals surface area contributed by atoms with Crippen molar-refractivity contribution in [3.05, 3.63) is 99.3 Å². The number of hydrogen-bond acceptors (Lipinski definition) is 7. The minimum absolute atomic E-state index is 0.0173. The molecule has 1 atom stereocenters. The molecule has 3 aromatic carbocycles. The summed E-state index contributed by atoms with van der Waals surface area (Å²) in [5.41, 5.74) is 1.67. The lowest BCUT2D eigenvalue weighted by atomic mass is 10.0. The molecule has 0 aliphatic heterocycles. The summed E-state index contributed by atoms with van der Waals surface area (Å²) in [6.45, 7) is 2.08. The van der Waals surface area contributed by atoms with Crippen LogP contribution in [-0.4, -0.2) is 41.0 Å². The van der Waals surface area contributed by atoms with E-state index in [4.69, 9.17) is 21.1 Å². The van der Waals surface area contributed by atoms with Crippen LogP contribution >= 0.6 is 11.6 Å². The van der Waals surface area contributed by atoms with E-state index in [9.17, 15) is 19.8 Å². The van der Waals surface area contributed by atoms with Crippen molar-refractivity contribution in [3.63, 3.8) is 0 Å². The van der Waals surface area contributed by atoms with Crippen LogP contribution in [0.15, 0.2) is 77.6 Å². The fraction of sp³-hybridized carbons (Fsp3) is 0.353. The van der Waals surface area contributed by atoms with Gasteiger partial charge in [0.15, 0.2) is 5.75 Å². The number of carbonyl (C=O) groups is 1. The van der Waals surface area contributed by atoms with Crippen LogP contribution in [0.25, 0.3) is 10.9 Å². The molecule has 4 rings (SSSR count). The fourth-order valence-electron chi connectivity index (χ4n) is 4.90. The first-order chi connectivity index (χ1) is 21.4. The molecule has 0 aliphatic carbocycles. The van der Waals surface area contributed by atoms with Crippen LogP contribution in [0.2, 0.25) is 5.02 Å². The highest BCUT2D eigenvalue weighted by Crippen LogP contribution is 2.34. The van der Waals surface area contributed by atoms with E-state index in [1.54, 1.807) is 30.3 Å². The first kappa shape index (κ1) is 32.9. The van der Waals surface area contributed by atoms with Gasteiger partial charge in [-0.3, -0.25) is 4.79 Å². The number of phenolic OH excluding ortho intramolecular Hbond substituents is 1. The van der Waals surface area contributed by atoms with Crippen molar-refractivity contribution in [1.29, 1.82) is 0 Å². The Morgan fingerprint density at radius 3 is 2.39 bits per heavy atom. The number of H-pyrrole nitrogens is 1. The molecule has 0 radical (unpaired) electrons. The monoisotopic (exact) mass is 621 g/mol. The Hall–Kier alpha value is -4.05. The van der Waals surface area contributed by atoms with Gasteiger partial charge in [-0.2, -0.15) is 0 Å². The molecule has 10 heteroatoms. The highest BCUT2D eigenvalue weighted by molar-refractivity contribution is 6.33. The van der Waals surface area contributed by atoms with E-state index in [-0.39, 0.29) is 22.1 Å². The Morgan fingerprint density at radius 1 is 0.864 bits per heavy atom. The largest absolute Gasteiger partial charge is 0.506 e. The first-order valence-electron chi connectivity index (χ1n) is 15.1. The Balaban J connectivity index is 1.03. The van der Waals surface area contributed by atoms with Crippen LogP contribution in [0.1, 0.15) is 62.2 Å². The number of ether oxygens (including phenoxy) is 2. The molecule has 4 aromatic rings. The van der Waals surface area contributed by atoms with Gasteiger partial charge in [-0.1, -0.05) is 86.2 Å². The number of phenols is 1. The number of nitrogens with one attached hydrogen (secondary N) is 3. The molecule has 1 aromatic heterocycles. The van der Waals surface area contributed by atoms with E-state index in [1.807, 2.05) is 30.3 Å². The summed E-state index contributed by atoms with van der Waals surface area (Å²) in [6, 6.07) is 20.9. The highest BCUT2D eigenvalue weighted by atomic mass is 35.5. The topological polar surface area (TPSA) is 133 Å². The number of benzene rings is 3. The standard InChI is InChI=1S/C34H40ClN3O6/c35-32-29(14-11-15-30(32)44-34(42)37-22-24-12-7-6-8-13-24)43-21-10-5-3-1-2-4-9-20-36-23-28(40)25-16-18-27(39)33-26(25)17-19-31(41)38-33/h6-8,11-19,28,36,39-40H,1-5,9-10,20-23H2,(H,37,42)(H,38,41)/t28-/m0/s1. The molecule has 44 heavy (non-hydrogen) atoms. The SMILES string of the molecule is O=C(NCc1ccccc1)Oc1cccc(OCCCCCCCCCNC[C@H](O)c2ccc(O)c3[nH]c(=O)ccc23)c1Cl. The molecule has 0 bridgehead atoms. The predicted molar refractivity (Wildman–Crippen MR) is 173 cm³/mol. The third kappa shape index (κ3) is 10.0. The number of aliphatic hydroxyl groups is 1. The number of unbranched alkanes of at least 4 members (excludes halogenated alkanes) is 6. The van der Waals surface area contributed by atoms with Crippen molar-refractivity contribution in [2.75, 3.05) is 19.7 Å². The molecule has 0 aliphatic rings. The lowest BCUT2D eigenvalue weighted by molar-refractivity contribution is 0.176. The number of amides is 1. The van der Waals surface area contributed by atoms with Gasteiger partial charge in [0.25, 0.3) is 0 Å². The fourth-order valence-corrected chi connectivity index (χ4v) is 5.12. The lowest BCUT2D eigenvalue weighted by Crippen LogP contribution is -2.26. The summed E-state index contributed by atoms with van der Waals surface area (Å²) < 4.78 is 11.2. The summed E-state index contributed by atoms with van der Waals surface area (Å²) >= 11 is 6.42. The van der Waals surface area contributed by atoms with Crippen LogP contribution < -0.4 is 25.7 Å². The van der Waals surface area contributed by atoms with E-state index in [2.05, 4.69) is 15.6 Å². The first-order valence-corrected chi connectivity index (χ1v) is 15.4. The van der Waals surface area contributed by atoms with Gasteiger partial charge in [0.05, 0.1) is 18.2 Å². The Kier molecular flexibility index (Phi) is 12.9. The van der Waals surface area contributed by atoms with E-state index < -0.39 is 12.2 Å². The third-order valence-electron chi connectivity index (χ3n) is 7.27. The molecule has 1 amide bonds. The zero-order valence-electron chi connectivity index (χ0n) is 24.7. The average Bonchev–Trinajstić information content (AvgIpc) is 3.03. The molecule has 5 N–H and O–H groups in total. The van der Waals surface area contributed by atoms with Gasteiger partial charge < -0.3 is 35.3 Å². The maximum atomic E-state index is 12.2. The summed E-state index contributed by atoms with van der Waals surface area (Å²) in [6.07, 6.45) is 6.13. The molecule has 0 unspecified atom stereocenters. The lowest BCUT2D eigenvalue weighted by Gasteiger charge is -2.15. The number of rotatable bonds is 17. The Morgan fingerprint density at radius 2 is 1.59 bits per heavy atom. The highest BCUT2D eigenvalue weighted by Gasteiger charge is 2.14. The number of halogens is 1. The molecule has 1 heterocycles. The van der Waals surface area contributed by atoms with Gasteiger partial charge in [0.2, 0.25) is 5.56 Å². The van der Waals surface area contributed by atoms with Crippen LogP contribution in [0.4, 0.5) is 4.79 Å². The van der Waals surface area contributed by atoms with Crippen molar-refractivity contribution in [2.24, 2.45) is 0 Å². The second-order valence-electron chi connectivity index (χ2n) is 10.6. The van der Waals surface area contributed by atoms with Gasteiger partial charge >= 0.3 is 6.09 Å². The van der Waals surface area contributed by atoms with Gasteiger partial charge in [-0.25, -0.2) is 4.79 Å². The maximum Gasteiger partial charge on any atom is 0.412 e. The van der Waals surface area contributed by atoms with Crippen LogP contribution in [0.5, 0.6) is 17.2 Å². The molecule has 0 fully saturated rings. The number of fused-ring (bicyclic) bond motifs is 1. The minimum Gasteiger partial charge on any atom is -0.506 e. The molecule has 234 valence electrons. The van der Waals surface area contributed by atoms with E-state index in [0.29, 0.717) is 41.9 Å². The molecule has 0 saturated heterocycles. The quantitative estimate of drug-likeness (QED) is 0.0838. The van der Waals surface area contributed by atoms with Crippen LogP contribution in [0, 0.1) is 0 Å². The third-order valence-corrected chi connectivity index (χ3v) is 7.64. The normalized spacial score (nSPS) is 11.8. The second kappa shape index (κ2) is 17.3. The molecular weight excluding hydrogens is 582 g/mol. The maximum absolute atomic E-state index is 12.2. The summed E-state index contributed by atoms with van der Waals surface area (Å²) in [7, 11) is 0. The number of aromatic hydroxyl groups is 1. The summed E-state index contributed by atoms with van der Waals surface area (Å²) in [5.74, 6) is 0.729. The molecule has 0 saturated carbocycles. The number of aliphatic hydroxyl groups excluding tert-OH is 1. The van der Waals surface area contributed by atoms with Crippen LogP contribution in [-0.2, 0) is 6.54 Å². The summed E-state index contributed by atoms with van der Waals surface area (Å²) in [4.78, 5) is 26.4. The number of pyridine rings is 1. The number of hydrogen-bond donors (Lipinski definition) is 5. The van der Waals surface area contributed by atoms with Crippen molar-refractivity contribution in [3.8, 4) is 17.2 Å². The number of aromatic amines is 1. The summed E-state index contributed by atoms with van der Waals surface area (Å²) in [5, 5.41) is 27.6. The van der Waals surface area contributed by atoms with Gasteiger partial charge in [0.1, 0.15) is 16.5 Å². The number of carbonyl (C=O) groups excluding carboxylic acids is 1. The smallest absolute Gasteiger partial charge is 0.412 e. The zero-order chi connectivity index (χ0) is 31.1. The molecule has 0 spiro atoms.